The summed E-state index contributed by atoms with van der Waals surface area (Å²) in [6.07, 6.45) is 3.89. The van der Waals surface area contributed by atoms with Crippen LogP contribution in [-0.2, 0) is 16.1 Å². The molecule has 4 amide bonds. The van der Waals surface area contributed by atoms with Gasteiger partial charge in [-0.2, -0.15) is 0 Å². The van der Waals surface area contributed by atoms with Crippen LogP contribution in [0.15, 0.2) is 60.7 Å². The van der Waals surface area contributed by atoms with E-state index in [-0.39, 0.29) is 12.1 Å². The first kappa shape index (κ1) is 23.6. The number of carbonyl (C=O) groups excluding carboxylic acids is 3. The summed E-state index contributed by atoms with van der Waals surface area (Å²) in [7, 11) is 1.52. The van der Waals surface area contributed by atoms with E-state index >= 15 is 0 Å². The largest absolute Gasteiger partial charge is 0.493 e. The molecule has 3 rings (SSSR count). The van der Waals surface area contributed by atoms with E-state index in [2.05, 4.69) is 11.9 Å². The zero-order valence-electron chi connectivity index (χ0n) is 18.6. The molecule has 0 radical (unpaired) electrons. The van der Waals surface area contributed by atoms with Gasteiger partial charge in [0, 0.05) is 0 Å². The number of hydrogen-bond donors (Lipinski definition) is 1. The first-order chi connectivity index (χ1) is 16.0. The van der Waals surface area contributed by atoms with Crippen LogP contribution < -0.4 is 19.5 Å². The van der Waals surface area contributed by atoms with Gasteiger partial charge in [-0.25, -0.2) is 4.79 Å². The van der Waals surface area contributed by atoms with Crippen LogP contribution in [0.2, 0.25) is 0 Å². The topological polar surface area (TPSA) is 94.2 Å². The summed E-state index contributed by atoms with van der Waals surface area (Å²) in [6.45, 7) is 6.43. The molecule has 1 aliphatic rings. The molecular weight excluding hydrogens is 424 g/mol. The fourth-order valence-corrected chi connectivity index (χ4v) is 3.18. The molecule has 1 saturated heterocycles. The smallest absolute Gasteiger partial charge is 0.331 e. The second kappa shape index (κ2) is 11.0. The van der Waals surface area contributed by atoms with Gasteiger partial charge in [0.1, 0.15) is 17.9 Å². The van der Waals surface area contributed by atoms with Gasteiger partial charge in [0.2, 0.25) is 0 Å². The van der Waals surface area contributed by atoms with Crippen molar-refractivity contribution in [3.8, 4) is 17.2 Å². The van der Waals surface area contributed by atoms with Crippen molar-refractivity contribution in [2.75, 3.05) is 20.3 Å². The van der Waals surface area contributed by atoms with Crippen molar-refractivity contribution >= 4 is 23.9 Å². The highest BCUT2D eigenvalue weighted by atomic mass is 16.5. The van der Waals surface area contributed by atoms with Gasteiger partial charge in [0.05, 0.1) is 20.3 Å². The molecule has 0 aromatic heterocycles. The van der Waals surface area contributed by atoms with Crippen LogP contribution in [0, 0.1) is 0 Å². The molecule has 2 aromatic carbocycles. The minimum atomic E-state index is -0.782. The van der Waals surface area contributed by atoms with Crippen LogP contribution in [0.5, 0.6) is 17.2 Å². The van der Waals surface area contributed by atoms with E-state index < -0.39 is 17.8 Å². The molecule has 1 fully saturated rings. The zero-order chi connectivity index (χ0) is 23.8. The molecule has 8 nitrogen and oxygen atoms in total. The fraction of sp³-hybridized carbons (Fsp3) is 0.240. The van der Waals surface area contributed by atoms with Gasteiger partial charge in [0.25, 0.3) is 11.8 Å². The average molecular weight is 450 g/mol. The fourth-order valence-electron chi connectivity index (χ4n) is 3.18. The van der Waals surface area contributed by atoms with E-state index in [4.69, 9.17) is 14.2 Å². The molecule has 172 valence electrons. The molecule has 0 unspecified atom stereocenters. The van der Waals surface area contributed by atoms with Crippen molar-refractivity contribution in [2.45, 2.75) is 19.9 Å². The molecule has 0 atom stereocenters. The van der Waals surface area contributed by atoms with Gasteiger partial charge in [0.15, 0.2) is 11.5 Å². The van der Waals surface area contributed by atoms with E-state index in [1.54, 1.807) is 48.5 Å². The van der Waals surface area contributed by atoms with Gasteiger partial charge in [-0.3, -0.25) is 19.8 Å². The van der Waals surface area contributed by atoms with Crippen LogP contribution in [0.4, 0.5) is 4.79 Å². The van der Waals surface area contributed by atoms with Crippen molar-refractivity contribution in [1.82, 2.24) is 10.2 Å². The van der Waals surface area contributed by atoms with E-state index in [0.717, 1.165) is 11.3 Å². The second-order valence-electron chi connectivity index (χ2n) is 7.21. The second-order valence-corrected chi connectivity index (χ2v) is 7.21. The Morgan fingerprint density at radius 2 is 1.88 bits per heavy atom. The Labute approximate surface area is 192 Å². The van der Waals surface area contributed by atoms with Gasteiger partial charge in [-0.1, -0.05) is 37.8 Å². The van der Waals surface area contributed by atoms with E-state index in [9.17, 15) is 14.4 Å². The first-order valence-corrected chi connectivity index (χ1v) is 10.5. The van der Waals surface area contributed by atoms with E-state index in [1.807, 2.05) is 6.92 Å². The Morgan fingerprint density at radius 3 is 2.61 bits per heavy atom. The Hall–Kier alpha value is -4.07. The highest BCUT2D eigenvalue weighted by Crippen LogP contribution is 2.29. The summed E-state index contributed by atoms with van der Waals surface area (Å²) < 4.78 is 16.5. The third kappa shape index (κ3) is 5.79. The molecule has 0 aliphatic carbocycles. The maximum atomic E-state index is 13.1. The maximum Gasteiger partial charge on any atom is 0.331 e. The third-order valence-corrected chi connectivity index (χ3v) is 4.75. The summed E-state index contributed by atoms with van der Waals surface area (Å²) in [5, 5.41) is 2.23. The molecule has 1 N–H and O–H groups in total. The quantitative estimate of drug-likeness (QED) is 0.337. The Balaban J connectivity index is 1.83. The van der Waals surface area contributed by atoms with Crippen LogP contribution in [0.1, 0.15) is 24.5 Å². The highest BCUT2D eigenvalue weighted by molar-refractivity contribution is 6.30. The third-order valence-electron chi connectivity index (χ3n) is 4.75. The van der Waals surface area contributed by atoms with Crippen LogP contribution in [-0.4, -0.2) is 43.1 Å². The molecule has 33 heavy (non-hydrogen) atoms. The summed E-state index contributed by atoms with van der Waals surface area (Å²) in [4.78, 5) is 38.8. The molecule has 2 aromatic rings. The van der Waals surface area contributed by atoms with Gasteiger partial charge >= 0.3 is 6.03 Å². The van der Waals surface area contributed by atoms with Gasteiger partial charge in [-0.15, -0.1) is 0 Å². The highest BCUT2D eigenvalue weighted by Gasteiger charge is 2.35. The lowest BCUT2D eigenvalue weighted by atomic mass is 10.1. The SMILES string of the molecule is C=CCOc1cccc(/C=C2/C(=O)NC(=O)N(Cc3ccc(OCCC)c(OC)c3)C2=O)c1. The van der Waals surface area contributed by atoms with Crippen molar-refractivity contribution in [3.63, 3.8) is 0 Å². The van der Waals surface area contributed by atoms with E-state index in [0.29, 0.717) is 41.6 Å². The van der Waals surface area contributed by atoms with Gasteiger partial charge < -0.3 is 14.2 Å². The zero-order valence-corrected chi connectivity index (χ0v) is 18.6. The minimum absolute atomic E-state index is 0.0395. The van der Waals surface area contributed by atoms with Crippen LogP contribution >= 0.6 is 0 Å². The predicted molar refractivity (Wildman–Crippen MR) is 123 cm³/mol. The molecule has 8 heteroatoms. The van der Waals surface area contributed by atoms with Crippen molar-refractivity contribution in [2.24, 2.45) is 0 Å². The van der Waals surface area contributed by atoms with Crippen LogP contribution in [0.3, 0.4) is 0 Å². The monoisotopic (exact) mass is 450 g/mol. The minimum Gasteiger partial charge on any atom is -0.493 e. The number of urea groups is 1. The Kier molecular flexibility index (Phi) is 7.86. The number of hydrogen-bond acceptors (Lipinski definition) is 6. The number of nitrogens with one attached hydrogen (secondary N) is 1. The predicted octanol–water partition coefficient (Wildman–Crippen LogP) is 3.71. The molecule has 0 saturated carbocycles. The van der Waals surface area contributed by atoms with Crippen LogP contribution in [0.25, 0.3) is 6.08 Å². The van der Waals surface area contributed by atoms with Crippen molar-refractivity contribution < 1.29 is 28.6 Å². The number of methoxy groups -OCH3 is 1. The standard InChI is InChI=1S/C25H26N2O6/c1-4-11-32-19-8-6-7-17(13-19)14-20-23(28)26-25(30)27(24(20)29)16-18-9-10-21(33-12-5-2)22(15-18)31-3/h4,6-10,13-15H,1,5,11-12,16H2,2-3H3,(H,26,28,30)/b20-14-. The number of benzene rings is 2. The van der Waals surface area contributed by atoms with E-state index in [1.165, 1.54) is 13.2 Å². The number of nitrogens with zero attached hydrogens (tertiary/aromatic N) is 1. The Bertz CT molecular complexity index is 1090. The lowest BCUT2D eigenvalue weighted by Crippen LogP contribution is -2.53. The molecule has 1 heterocycles. The molecule has 1 aliphatic heterocycles. The molecule has 0 spiro atoms. The number of rotatable bonds is 10. The Morgan fingerprint density at radius 1 is 1.06 bits per heavy atom. The first-order valence-electron chi connectivity index (χ1n) is 10.5. The number of imide groups is 2. The van der Waals surface area contributed by atoms with Crippen molar-refractivity contribution in [3.05, 3.63) is 71.8 Å². The lowest BCUT2D eigenvalue weighted by Gasteiger charge is -2.26. The lowest BCUT2D eigenvalue weighted by molar-refractivity contribution is -0.130. The summed E-state index contributed by atoms with van der Waals surface area (Å²) in [5.41, 5.74) is 1.08. The maximum absolute atomic E-state index is 13.1. The summed E-state index contributed by atoms with van der Waals surface area (Å²) in [5.74, 6) is 0.199. The number of amides is 4. The number of barbiturate groups is 1. The normalized spacial score (nSPS) is 14.8. The average Bonchev–Trinajstić information content (AvgIpc) is 2.82. The molecule has 0 bridgehead atoms. The number of carbonyl (C=O) groups is 3. The summed E-state index contributed by atoms with van der Waals surface area (Å²) in [6, 6.07) is 11.3. The molecular formula is C25H26N2O6. The van der Waals surface area contributed by atoms with Gasteiger partial charge in [-0.05, 0) is 47.9 Å². The summed E-state index contributed by atoms with van der Waals surface area (Å²) >= 11 is 0. The number of ether oxygens (including phenoxy) is 3. The van der Waals surface area contributed by atoms with Crippen molar-refractivity contribution in [1.29, 1.82) is 0 Å².